The van der Waals surface area contributed by atoms with Gasteiger partial charge in [0.1, 0.15) is 19.3 Å². The minimum absolute atomic E-state index is 0.108. The fourth-order valence-corrected chi connectivity index (χ4v) is 14.4. The fraction of sp³-hybridized carbons (Fsp3) is 0.952. The van der Waals surface area contributed by atoms with Gasteiger partial charge in [0, 0.05) is 25.7 Å². The molecule has 0 aliphatic heterocycles. The molecule has 0 aliphatic carbocycles. The van der Waals surface area contributed by atoms with Crippen LogP contribution in [0.2, 0.25) is 0 Å². The molecule has 0 aromatic rings. The molecule has 0 rings (SSSR count). The van der Waals surface area contributed by atoms with Crippen LogP contribution in [0.3, 0.4) is 0 Å². The molecule has 17 nitrogen and oxygen atoms in total. The third-order valence-electron chi connectivity index (χ3n) is 19.8. The first kappa shape index (κ1) is 100. The van der Waals surface area contributed by atoms with Crippen molar-refractivity contribution in [1.82, 2.24) is 0 Å². The molecular weight excluding hydrogens is 1330 g/mol. The van der Waals surface area contributed by atoms with Gasteiger partial charge in [-0.1, -0.05) is 388 Å². The quantitative estimate of drug-likeness (QED) is 0.0222. The lowest BCUT2D eigenvalue weighted by molar-refractivity contribution is -0.161. The zero-order valence-corrected chi connectivity index (χ0v) is 68.7. The lowest BCUT2D eigenvalue weighted by Gasteiger charge is -2.21. The molecule has 0 fully saturated rings. The number of carbonyl (C=O) groups is 4. The highest BCUT2D eigenvalue weighted by molar-refractivity contribution is 7.47. The van der Waals surface area contributed by atoms with Gasteiger partial charge in [-0.2, -0.15) is 0 Å². The lowest BCUT2D eigenvalue weighted by atomic mass is 9.99. The Morgan fingerprint density at radius 3 is 0.745 bits per heavy atom. The normalized spacial score (nSPS) is 14.1. The summed E-state index contributed by atoms with van der Waals surface area (Å²) in [5.74, 6) is -0.553. The van der Waals surface area contributed by atoms with E-state index in [-0.39, 0.29) is 25.7 Å². The van der Waals surface area contributed by atoms with Crippen LogP contribution in [0.15, 0.2) is 0 Å². The maximum Gasteiger partial charge on any atom is 0.472 e. The van der Waals surface area contributed by atoms with E-state index >= 15 is 0 Å². The summed E-state index contributed by atoms with van der Waals surface area (Å²) in [5, 5.41) is 10.7. The number of rotatable bonds is 82. The van der Waals surface area contributed by atoms with Crippen molar-refractivity contribution >= 4 is 39.5 Å². The highest BCUT2D eigenvalue weighted by Gasteiger charge is 2.30. The zero-order chi connectivity index (χ0) is 74.9. The average molecular weight is 1490 g/mol. The molecule has 102 heavy (non-hydrogen) atoms. The van der Waals surface area contributed by atoms with E-state index in [4.69, 9.17) is 37.0 Å². The van der Waals surface area contributed by atoms with Gasteiger partial charge in [-0.15, -0.1) is 0 Å². The third kappa shape index (κ3) is 74.9. The van der Waals surface area contributed by atoms with E-state index in [9.17, 15) is 43.2 Å². The number of hydrogen-bond donors (Lipinski definition) is 3. The van der Waals surface area contributed by atoms with Crippen molar-refractivity contribution < 1.29 is 80.2 Å². The van der Waals surface area contributed by atoms with Gasteiger partial charge in [0.2, 0.25) is 0 Å². The SMILES string of the molecule is CCCCCCCCCCCCCCCCCCCCCCCCC(=O)O[C@H](COC(=O)CCCCCCCCCCCCC(C)CC)COP(=O)(O)OC[C@@H](O)COP(=O)(O)OC[C@@H](COC(=O)CCCCCCCCCCCC(C)C)OC(=O)CCCCCCCCCCCCCCCC. The zero-order valence-electron chi connectivity index (χ0n) is 66.9. The van der Waals surface area contributed by atoms with Gasteiger partial charge in [0.25, 0.3) is 0 Å². The van der Waals surface area contributed by atoms with Crippen molar-refractivity contribution in [2.24, 2.45) is 11.8 Å². The van der Waals surface area contributed by atoms with Crippen LogP contribution < -0.4 is 0 Å². The lowest BCUT2D eigenvalue weighted by Crippen LogP contribution is -2.30. The number of ether oxygens (including phenoxy) is 4. The van der Waals surface area contributed by atoms with E-state index in [2.05, 4.69) is 41.5 Å². The summed E-state index contributed by atoms with van der Waals surface area (Å²) in [6, 6.07) is 0. The van der Waals surface area contributed by atoms with E-state index in [0.717, 1.165) is 102 Å². The fourth-order valence-electron chi connectivity index (χ4n) is 12.9. The van der Waals surface area contributed by atoms with Gasteiger partial charge in [0.05, 0.1) is 26.4 Å². The van der Waals surface area contributed by atoms with Crippen LogP contribution in [0.4, 0.5) is 0 Å². The molecule has 0 heterocycles. The van der Waals surface area contributed by atoms with Crippen molar-refractivity contribution in [3.8, 4) is 0 Å². The van der Waals surface area contributed by atoms with Gasteiger partial charge in [0.15, 0.2) is 12.2 Å². The van der Waals surface area contributed by atoms with E-state index < -0.39 is 97.5 Å². The van der Waals surface area contributed by atoms with E-state index in [0.29, 0.717) is 25.7 Å². The van der Waals surface area contributed by atoms with Crippen LogP contribution in [0.1, 0.15) is 440 Å². The summed E-state index contributed by atoms with van der Waals surface area (Å²) in [6.45, 7) is 9.66. The first-order valence-electron chi connectivity index (χ1n) is 43.0. The second-order valence-corrected chi connectivity index (χ2v) is 33.5. The first-order valence-corrected chi connectivity index (χ1v) is 46.0. The van der Waals surface area contributed by atoms with Gasteiger partial charge in [-0.3, -0.25) is 37.3 Å². The smallest absolute Gasteiger partial charge is 0.462 e. The van der Waals surface area contributed by atoms with Crippen LogP contribution in [-0.4, -0.2) is 96.7 Å². The first-order chi connectivity index (χ1) is 49.4. The van der Waals surface area contributed by atoms with Crippen molar-refractivity contribution in [3.05, 3.63) is 0 Å². The summed E-state index contributed by atoms with van der Waals surface area (Å²) in [6.07, 6.45) is 65.2. The van der Waals surface area contributed by atoms with E-state index in [1.807, 2.05) is 0 Å². The molecule has 3 N–H and O–H groups in total. The maximum atomic E-state index is 13.1. The summed E-state index contributed by atoms with van der Waals surface area (Å²) >= 11 is 0. The van der Waals surface area contributed by atoms with Crippen molar-refractivity contribution in [2.75, 3.05) is 39.6 Å². The standard InChI is InChI=1S/C83H162O17P2/c1-7-10-12-14-16-18-20-22-24-25-26-27-28-29-30-31-33-35-43-50-56-62-68-83(88)99-78(71-93-80(85)65-59-53-47-41-37-36-40-46-52-58-64-76(6)9-3)73-97-101(89,90)95-69-77(84)70-96-102(91,92)98-74-79(72-94-81(86)66-60-54-48-44-38-39-45-51-57-63-75(4)5)100-82(87)67-61-55-49-42-34-32-23-21-19-17-15-13-11-8-2/h75-79,84H,7-74H2,1-6H3,(H,89,90)(H,91,92)/t76?,77-,78-,79-/m1/s1. The van der Waals surface area contributed by atoms with E-state index in [1.165, 1.54) is 257 Å². The minimum atomic E-state index is -4.96. The molecule has 0 bridgehead atoms. The second-order valence-electron chi connectivity index (χ2n) is 30.6. The van der Waals surface area contributed by atoms with Crippen molar-refractivity contribution in [1.29, 1.82) is 0 Å². The Bertz CT molecular complexity index is 1960. The van der Waals surface area contributed by atoms with Crippen LogP contribution in [0.5, 0.6) is 0 Å². The van der Waals surface area contributed by atoms with Crippen LogP contribution in [-0.2, 0) is 65.4 Å². The largest absolute Gasteiger partial charge is 0.472 e. The van der Waals surface area contributed by atoms with Gasteiger partial charge in [-0.05, 0) is 37.5 Å². The average Bonchev–Trinajstić information content (AvgIpc) is 0.970. The Balaban J connectivity index is 5.23. The molecule has 0 saturated heterocycles. The minimum Gasteiger partial charge on any atom is -0.462 e. The number of unbranched alkanes of at least 4 members (excludes halogenated alkanes) is 51. The maximum absolute atomic E-state index is 13.1. The topological polar surface area (TPSA) is 237 Å². The Morgan fingerprint density at radius 2 is 0.500 bits per heavy atom. The molecule has 3 unspecified atom stereocenters. The number of phosphoric acid groups is 2. The molecular formula is C83H162O17P2. The number of phosphoric ester groups is 2. The molecule has 0 aromatic carbocycles. The Labute approximate surface area is 626 Å². The summed E-state index contributed by atoms with van der Waals surface area (Å²) in [4.78, 5) is 73.1. The number of carbonyl (C=O) groups excluding carboxylic acids is 4. The molecule has 6 atom stereocenters. The summed E-state index contributed by atoms with van der Waals surface area (Å²) < 4.78 is 68.8. The number of esters is 4. The molecule has 606 valence electrons. The molecule has 0 aromatic heterocycles. The van der Waals surface area contributed by atoms with Crippen LogP contribution >= 0.6 is 15.6 Å². The highest BCUT2D eigenvalue weighted by atomic mass is 31.2. The second kappa shape index (κ2) is 74.5. The van der Waals surface area contributed by atoms with E-state index in [1.54, 1.807) is 0 Å². The number of hydrogen-bond acceptors (Lipinski definition) is 15. The monoisotopic (exact) mass is 1490 g/mol. The number of aliphatic hydroxyl groups is 1. The van der Waals surface area contributed by atoms with Gasteiger partial charge < -0.3 is 33.8 Å². The van der Waals surface area contributed by atoms with Crippen LogP contribution in [0, 0.1) is 11.8 Å². The molecule has 0 aliphatic rings. The van der Waals surface area contributed by atoms with Gasteiger partial charge in [-0.25, -0.2) is 9.13 Å². The Morgan fingerprint density at radius 1 is 0.284 bits per heavy atom. The molecule has 0 radical (unpaired) electrons. The molecule has 0 saturated carbocycles. The number of aliphatic hydroxyl groups excluding tert-OH is 1. The molecule has 0 amide bonds. The Hall–Kier alpha value is -1.94. The van der Waals surface area contributed by atoms with Crippen molar-refractivity contribution in [2.45, 2.75) is 458 Å². The predicted octanol–water partition coefficient (Wildman–Crippen LogP) is 25.1. The van der Waals surface area contributed by atoms with Crippen molar-refractivity contribution in [3.63, 3.8) is 0 Å². The predicted molar refractivity (Wildman–Crippen MR) is 418 cm³/mol. The van der Waals surface area contributed by atoms with Crippen LogP contribution in [0.25, 0.3) is 0 Å². The molecule has 19 heteroatoms. The molecule has 0 spiro atoms. The summed E-state index contributed by atoms with van der Waals surface area (Å²) in [5.41, 5.74) is 0. The Kier molecular flexibility index (Phi) is 73.1. The highest BCUT2D eigenvalue weighted by Crippen LogP contribution is 2.45. The third-order valence-corrected chi connectivity index (χ3v) is 21.7. The summed E-state index contributed by atoms with van der Waals surface area (Å²) in [7, 11) is -9.92. The van der Waals surface area contributed by atoms with Gasteiger partial charge >= 0.3 is 39.5 Å².